The fourth-order valence-corrected chi connectivity index (χ4v) is 2.65. The Hall–Kier alpha value is -1.70. The van der Waals surface area contributed by atoms with E-state index in [-0.39, 0.29) is 11.6 Å². The molecule has 0 atom stereocenters. The summed E-state index contributed by atoms with van der Waals surface area (Å²) in [6.45, 7) is 7.85. The Morgan fingerprint density at radius 3 is 2.24 bits per heavy atom. The summed E-state index contributed by atoms with van der Waals surface area (Å²) in [6.07, 6.45) is -4.78. The molecule has 1 fully saturated rings. The maximum absolute atomic E-state index is 12.9. The molecule has 25 heavy (non-hydrogen) atoms. The highest BCUT2D eigenvalue weighted by Crippen LogP contribution is 2.29. The van der Waals surface area contributed by atoms with Gasteiger partial charge >= 0.3 is 12.3 Å². The molecular weight excluding hydrogens is 332 g/mol. The molecule has 1 heterocycles. The van der Waals surface area contributed by atoms with Crippen LogP contribution in [0.25, 0.3) is 0 Å². The van der Waals surface area contributed by atoms with E-state index in [0.717, 1.165) is 12.1 Å². The zero-order valence-corrected chi connectivity index (χ0v) is 14.7. The molecule has 136 valence electrons. The van der Waals surface area contributed by atoms with Gasteiger partial charge < -0.3 is 9.64 Å². The van der Waals surface area contributed by atoms with Crippen LogP contribution in [0.15, 0.2) is 18.2 Å². The molecule has 0 spiro atoms. The third kappa shape index (κ3) is 5.95. The number of halogens is 3. The molecule has 1 amide bonds. The van der Waals surface area contributed by atoms with Crippen LogP contribution in [-0.4, -0.2) is 55.5 Å². The summed E-state index contributed by atoms with van der Waals surface area (Å²) in [6, 6.07) is 3.61. The summed E-state index contributed by atoms with van der Waals surface area (Å²) >= 11 is 0. The second-order valence-corrected chi connectivity index (χ2v) is 7.20. The van der Waals surface area contributed by atoms with Crippen LogP contribution in [-0.2, 0) is 17.5 Å². The minimum atomic E-state index is -4.42. The number of alkyl halides is 3. The smallest absolute Gasteiger partial charge is 0.416 e. The molecule has 0 unspecified atom stereocenters. The molecule has 0 saturated carbocycles. The quantitative estimate of drug-likeness (QED) is 0.766. The fraction of sp³-hybridized carbons (Fsp3) is 0.588. The highest BCUT2D eigenvalue weighted by Gasteiger charge is 2.31. The van der Waals surface area contributed by atoms with E-state index in [2.05, 4.69) is 0 Å². The molecule has 8 heteroatoms. The first-order valence-corrected chi connectivity index (χ1v) is 8.11. The minimum absolute atomic E-state index is 0.0946. The first-order chi connectivity index (χ1) is 11.4. The van der Waals surface area contributed by atoms with Crippen LogP contribution in [0.5, 0.6) is 0 Å². The van der Waals surface area contributed by atoms with Crippen molar-refractivity contribution in [1.29, 1.82) is 0 Å². The Kier molecular flexibility index (Phi) is 5.71. The number of hydrogen-bond donors (Lipinski definition) is 0. The number of piperazine rings is 1. The summed E-state index contributed by atoms with van der Waals surface area (Å²) in [5.41, 5.74) is -0.686. The number of nitrogens with zero attached hydrogens (tertiary/aromatic N) is 2. The van der Waals surface area contributed by atoms with Gasteiger partial charge in [-0.05, 0) is 32.4 Å². The lowest BCUT2D eigenvalue weighted by molar-refractivity contribution is -0.137. The van der Waals surface area contributed by atoms with E-state index in [9.17, 15) is 18.0 Å². The minimum Gasteiger partial charge on any atom is -0.444 e. The molecule has 0 bridgehead atoms. The number of amides is 1. The Balaban J connectivity index is 1.94. The Bertz CT molecular complexity index is 621. The lowest BCUT2D eigenvalue weighted by atomic mass is 9.91. The van der Waals surface area contributed by atoms with E-state index in [1.165, 1.54) is 0 Å². The van der Waals surface area contributed by atoms with Crippen LogP contribution in [0.3, 0.4) is 0 Å². The van der Waals surface area contributed by atoms with Gasteiger partial charge in [-0.25, -0.2) is 4.79 Å². The standard InChI is InChI=1S/C17H22BF3N2O2/c1-16(2,3)25-15(24)23-6-4-22(5-7-23)11-12-8-13(17(19,20)21)10-14(18)9-12/h8-10H,4-7,11H2,1-3H3. The molecule has 4 nitrogen and oxygen atoms in total. The van der Waals surface area contributed by atoms with Crippen LogP contribution in [0.2, 0.25) is 0 Å². The molecule has 0 N–H and O–H groups in total. The van der Waals surface area contributed by atoms with Gasteiger partial charge in [-0.1, -0.05) is 17.6 Å². The van der Waals surface area contributed by atoms with Crippen molar-refractivity contribution in [3.05, 3.63) is 29.3 Å². The van der Waals surface area contributed by atoms with Crippen molar-refractivity contribution in [2.75, 3.05) is 26.2 Å². The topological polar surface area (TPSA) is 32.8 Å². The van der Waals surface area contributed by atoms with Gasteiger partial charge in [0, 0.05) is 32.7 Å². The van der Waals surface area contributed by atoms with Gasteiger partial charge in [0.05, 0.1) is 5.56 Å². The maximum Gasteiger partial charge on any atom is 0.416 e. The molecule has 1 aliphatic rings. The molecule has 1 aromatic rings. The Labute approximate surface area is 147 Å². The van der Waals surface area contributed by atoms with E-state index in [4.69, 9.17) is 12.6 Å². The van der Waals surface area contributed by atoms with Crippen LogP contribution >= 0.6 is 0 Å². The predicted octanol–water partition coefficient (Wildman–Crippen LogP) is 2.55. The fourth-order valence-electron chi connectivity index (χ4n) is 2.65. The van der Waals surface area contributed by atoms with Crippen molar-refractivity contribution in [3.8, 4) is 0 Å². The summed E-state index contributed by atoms with van der Waals surface area (Å²) in [4.78, 5) is 15.6. The first-order valence-electron chi connectivity index (χ1n) is 8.11. The molecular formula is C17H22BF3N2O2. The van der Waals surface area contributed by atoms with E-state index >= 15 is 0 Å². The average Bonchev–Trinajstić information content (AvgIpc) is 2.44. The van der Waals surface area contributed by atoms with Crippen molar-refractivity contribution in [2.24, 2.45) is 0 Å². The van der Waals surface area contributed by atoms with Crippen LogP contribution in [0, 0.1) is 0 Å². The first kappa shape index (κ1) is 19.6. The number of rotatable bonds is 2. The van der Waals surface area contributed by atoms with Crippen LogP contribution in [0.1, 0.15) is 31.9 Å². The normalized spacial score (nSPS) is 16.8. The third-order valence-corrected chi connectivity index (χ3v) is 3.77. The maximum atomic E-state index is 12.9. The Morgan fingerprint density at radius 2 is 1.72 bits per heavy atom. The average molecular weight is 354 g/mol. The lowest BCUT2D eigenvalue weighted by Gasteiger charge is -2.35. The lowest BCUT2D eigenvalue weighted by Crippen LogP contribution is -2.49. The number of carbonyl (C=O) groups excluding carboxylic acids is 1. The van der Waals surface area contributed by atoms with Crippen molar-refractivity contribution >= 4 is 19.4 Å². The van der Waals surface area contributed by atoms with Crippen LogP contribution < -0.4 is 5.46 Å². The second-order valence-electron chi connectivity index (χ2n) is 7.20. The van der Waals surface area contributed by atoms with Gasteiger partial charge in [-0.3, -0.25) is 4.90 Å². The van der Waals surface area contributed by atoms with Crippen LogP contribution in [0.4, 0.5) is 18.0 Å². The largest absolute Gasteiger partial charge is 0.444 e. The molecule has 0 aliphatic carbocycles. The molecule has 1 aromatic carbocycles. The number of benzene rings is 1. The molecule has 1 saturated heterocycles. The molecule has 2 radical (unpaired) electrons. The van der Waals surface area contributed by atoms with Gasteiger partial charge in [0.2, 0.25) is 0 Å². The molecule has 0 aromatic heterocycles. The summed E-state index contributed by atoms with van der Waals surface area (Å²) < 4.78 is 44.0. The molecule has 2 rings (SSSR count). The number of ether oxygens (including phenoxy) is 1. The van der Waals surface area contributed by atoms with Crippen molar-refractivity contribution in [1.82, 2.24) is 9.80 Å². The second kappa shape index (κ2) is 7.27. The number of carbonyl (C=O) groups is 1. The van der Waals surface area contributed by atoms with Gasteiger partial charge in [-0.2, -0.15) is 13.2 Å². The van der Waals surface area contributed by atoms with E-state index in [1.54, 1.807) is 31.7 Å². The Morgan fingerprint density at radius 1 is 1.12 bits per heavy atom. The third-order valence-electron chi connectivity index (χ3n) is 3.77. The van der Waals surface area contributed by atoms with Gasteiger partial charge in [0.25, 0.3) is 0 Å². The predicted molar refractivity (Wildman–Crippen MR) is 89.9 cm³/mol. The van der Waals surface area contributed by atoms with E-state index < -0.39 is 17.3 Å². The summed E-state index contributed by atoms with van der Waals surface area (Å²) in [5.74, 6) is 0. The highest BCUT2D eigenvalue weighted by atomic mass is 19.4. The highest BCUT2D eigenvalue weighted by molar-refractivity contribution is 6.32. The zero-order chi connectivity index (χ0) is 18.8. The van der Waals surface area contributed by atoms with E-state index in [1.807, 2.05) is 4.90 Å². The van der Waals surface area contributed by atoms with E-state index in [0.29, 0.717) is 38.3 Å². The van der Waals surface area contributed by atoms with Crippen molar-refractivity contribution < 1.29 is 22.7 Å². The van der Waals surface area contributed by atoms with Crippen molar-refractivity contribution in [3.63, 3.8) is 0 Å². The monoisotopic (exact) mass is 354 g/mol. The van der Waals surface area contributed by atoms with Crippen molar-refractivity contribution in [2.45, 2.75) is 39.1 Å². The zero-order valence-electron chi connectivity index (χ0n) is 14.7. The SMILES string of the molecule is [B]c1cc(CN2CCN(C(=O)OC(C)(C)C)CC2)cc(C(F)(F)F)c1. The summed E-state index contributed by atoms with van der Waals surface area (Å²) in [7, 11) is 5.59. The van der Waals surface area contributed by atoms with Gasteiger partial charge in [0.1, 0.15) is 13.4 Å². The van der Waals surface area contributed by atoms with Gasteiger partial charge in [-0.15, -0.1) is 0 Å². The molecule has 1 aliphatic heterocycles. The number of hydrogen-bond acceptors (Lipinski definition) is 3. The van der Waals surface area contributed by atoms with Gasteiger partial charge in [0.15, 0.2) is 0 Å². The summed E-state index contributed by atoms with van der Waals surface area (Å²) in [5, 5.41) is 0.